The third kappa shape index (κ3) is 3.39. The van der Waals surface area contributed by atoms with E-state index < -0.39 is 6.10 Å². The van der Waals surface area contributed by atoms with Gasteiger partial charge in [-0.1, -0.05) is 28.1 Å². The molecule has 0 radical (unpaired) electrons. The minimum atomic E-state index is -0.750. The maximum atomic E-state index is 10.6. The van der Waals surface area contributed by atoms with Gasteiger partial charge in [0, 0.05) is 10.0 Å². The van der Waals surface area contributed by atoms with Crippen LogP contribution in [0.1, 0.15) is 30.1 Å². The second-order valence-electron chi connectivity index (χ2n) is 5.18. The van der Waals surface area contributed by atoms with E-state index in [1.54, 1.807) is 7.11 Å². The van der Waals surface area contributed by atoms with Crippen LogP contribution in [0.5, 0.6) is 11.5 Å². The van der Waals surface area contributed by atoms with Gasteiger partial charge in [0.25, 0.3) is 0 Å². The van der Waals surface area contributed by atoms with E-state index in [1.165, 1.54) is 0 Å². The van der Waals surface area contributed by atoms with E-state index in [4.69, 9.17) is 9.47 Å². The highest BCUT2D eigenvalue weighted by Crippen LogP contribution is 2.34. The summed E-state index contributed by atoms with van der Waals surface area (Å²) in [6.07, 6.45) is 1.83. The summed E-state index contributed by atoms with van der Waals surface area (Å²) in [5.74, 6) is 1.47. The molecule has 1 fully saturated rings. The smallest absolute Gasteiger partial charge is 0.125 e. The lowest BCUT2D eigenvalue weighted by Gasteiger charge is -2.16. The van der Waals surface area contributed by atoms with E-state index in [0.717, 1.165) is 34.2 Å². The van der Waals surface area contributed by atoms with Crippen LogP contribution in [-0.4, -0.2) is 18.3 Å². The molecule has 110 valence electrons. The molecule has 21 heavy (non-hydrogen) atoms. The molecule has 3 rings (SSSR count). The first kappa shape index (κ1) is 14.4. The molecule has 0 heterocycles. The average Bonchev–Trinajstić information content (AvgIpc) is 3.30. The van der Waals surface area contributed by atoms with E-state index in [9.17, 15) is 5.11 Å². The molecule has 1 aliphatic carbocycles. The Kier molecular flexibility index (Phi) is 4.17. The van der Waals surface area contributed by atoms with E-state index in [1.807, 2.05) is 42.5 Å². The SMILES string of the molecule is COc1ccc(Br)cc1C(O)c1cccc(OC2CC2)c1. The molecule has 3 nitrogen and oxygen atoms in total. The number of methoxy groups -OCH3 is 1. The van der Waals surface area contributed by atoms with Crippen molar-refractivity contribution in [1.29, 1.82) is 0 Å². The highest BCUT2D eigenvalue weighted by Gasteiger charge is 2.24. The van der Waals surface area contributed by atoms with Gasteiger partial charge in [0.1, 0.15) is 17.6 Å². The Morgan fingerprint density at radius 2 is 2.00 bits per heavy atom. The summed E-state index contributed by atoms with van der Waals surface area (Å²) in [4.78, 5) is 0. The van der Waals surface area contributed by atoms with Crippen LogP contribution in [0.25, 0.3) is 0 Å². The minimum Gasteiger partial charge on any atom is -0.496 e. The molecule has 4 heteroatoms. The fraction of sp³-hybridized carbons (Fsp3) is 0.294. The third-order valence-corrected chi connectivity index (χ3v) is 3.98. The second-order valence-corrected chi connectivity index (χ2v) is 6.09. The molecule has 0 aromatic heterocycles. The summed E-state index contributed by atoms with van der Waals surface area (Å²) in [6.45, 7) is 0. The van der Waals surface area contributed by atoms with E-state index in [2.05, 4.69) is 15.9 Å². The average molecular weight is 349 g/mol. The maximum absolute atomic E-state index is 10.6. The van der Waals surface area contributed by atoms with Crippen LogP contribution in [0, 0.1) is 0 Å². The van der Waals surface area contributed by atoms with E-state index >= 15 is 0 Å². The number of ether oxygens (including phenoxy) is 2. The summed E-state index contributed by atoms with van der Waals surface area (Å²) >= 11 is 3.43. The van der Waals surface area contributed by atoms with Crippen LogP contribution in [-0.2, 0) is 0 Å². The van der Waals surface area contributed by atoms with Gasteiger partial charge in [0.2, 0.25) is 0 Å². The zero-order valence-corrected chi connectivity index (χ0v) is 13.3. The zero-order valence-electron chi connectivity index (χ0n) is 11.8. The molecule has 1 aliphatic rings. The molecule has 1 atom stereocenters. The van der Waals surface area contributed by atoms with Crippen molar-refractivity contribution in [3.8, 4) is 11.5 Å². The number of hydrogen-bond acceptors (Lipinski definition) is 3. The molecular weight excluding hydrogens is 332 g/mol. The van der Waals surface area contributed by atoms with Gasteiger partial charge < -0.3 is 14.6 Å². The fourth-order valence-electron chi connectivity index (χ4n) is 2.23. The third-order valence-electron chi connectivity index (χ3n) is 3.49. The molecule has 1 N–H and O–H groups in total. The lowest BCUT2D eigenvalue weighted by atomic mass is 10.0. The first-order valence-corrected chi connectivity index (χ1v) is 7.75. The largest absolute Gasteiger partial charge is 0.496 e. The van der Waals surface area contributed by atoms with Crippen molar-refractivity contribution in [2.75, 3.05) is 7.11 Å². The predicted molar refractivity (Wildman–Crippen MR) is 84.8 cm³/mol. The Morgan fingerprint density at radius 1 is 1.19 bits per heavy atom. The van der Waals surface area contributed by atoms with Gasteiger partial charge >= 0.3 is 0 Å². The van der Waals surface area contributed by atoms with Gasteiger partial charge in [-0.15, -0.1) is 0 Å². The number of rotatable bonds is 5. The molecule has 0 amide bonds. The van der Waals surface area contributed by atoms with Gasteiger partial charge in [-0.3, -0.25) is 0 Å². The quantitative estimate of drug-likeness (QED) is 0.884. The minimum absolute atomic E-state index is 0.345. The molecular formula is C17H17BrO3. The van der Waals surface area contributed by atoms with Gasteiger partial charge in [-0.05, 0) is 48.7 Å². The molecule has 1 saturated carbocycles. The summed E-state index contributed by atoms with van der Waals surface area (Å²) in [5, 5.41) is 10.6. The first-order chi connectivity index (χ1) is 10.2. The van der Waals surface area contributed by atoms with Gasteiger partial charge in [-0.25, -0.2) is 0 Å². The molecule has 1 unspecified atom stereocenters. The van der Waals surface area contributed by atoms with Crippen molar-refractivity contribution >= 4 is 15.9 Å². The number of aliphatic hydroxyl groups is 1. The number of hydrogen-bond donors (Lipinski definition) is 1. The van der Waals surface area contributed by atoms with Crippen LogP contribution in [0.4, 0.5) is 0 Å². The number of benzene rings is 2. The Bertz CT molecular complexity index is 638. The topological polar surface area (TPSA) is 38.7 Å². The van der Waals surface area contributed by atoms with Crippen molar-refractivity contribution in [2.24, 2.45) is 0 Å². The lowest BCUT2D eigenvalue weighted by molar-refractivity contribution is 0.213. The van der Waals surface area contributed by atoms with Crippen molar-refractivity contribution in [3.05, 3.63) is 58.1 Å². The van der Waals surface area contributed by atoms with Gasteiger partial charge in [0.05, 0.1) is 13.2 Å². The highest BCUT2D eigenvalue weighted by molar-refractivity contribution is 9.10. The van der Waals surface area contributed by atoms with Crippen molar-refractivity contribution in [1.82, 2.24) is 0 Å². The molecule has 0 bridgehead atoms. The summed E-state index contributed by atoms with van der Waals surface area (Å²) in [6, 6.07) is 13.2. The van der Waals surface area contributed by atoms with Crippen LogP contribution in [0.15, 0.2) is 46.9 Å². The molecule has 0 spiro atoms. The molecule has 0 saturated heterocycles. The van der Waals surface area contributed by atoms with Crippen molar-refractivity contribution in [3.63, 3.8) is 0 Å². The summed E-state index contributed by atoms with van der Waals surface area (Å²) < 4.78 is 12.0. The summed E-state index contributed by atoms with van der Waals surface area (Å²) in [5.41, 5.74) is 1.53. The predicted octanol–water partition coefficient (Wildman–Crippen LogP) is 4.08. The lowest BCUT2D eigenvalue weighted by Crippen LogP contribution is -2.03. The molecule has 0 aliphatic heterocycles. The van der Waals surface area contributed by atoms with Crippen LogP contribution in [0.3, 0.4) is 0 Å². The molecule has 2 aromatic carbocycles. The Balaban J connectivity index is 1.90. The maximum Gasteiger partial charge on any atom is 0.125 e. The second kappa shape index (κ2) is 6.08. The standard InChI is InChI=1S/C17H17BrO3/c1-20-16-8-5-12(18)10-15(16)17(19)11-3-2-4-14(9-11)21-13-6-7-13/h2-5,8-10,13,17,19H,6-7H2,1H3. The van der Waals surface area contributed by atoms with Crippen LogP contribution >= 0.6 is 15.9 Å². The van der Waals surface area contributed by atoms with Crippen molar-refractivity contribution < 1.29 is 14.6 Å². The Labute approximate surface area is 132 Å². The van der Waals surface area contributed by atoms with Crippen LogP contribution < -0.4 is 9.47 Å². The van der Waals surface area contributed by atoms with Crippen LogP contribution in [0.2, 0.25) is 0 Å². The van der Waals surface area contributed by atoms with Gasteiger partial charge in [0.15, 0.2) is 0 Å². The normalized spacial score (nSPS) is 15.6. The van der Waals surface area contributed by atoms with E-state index in [-0.39, 0.29) is 0 Å². The molecule has 2 aromatic rings. The fourth-order valence-corrected chi connectivity index (χ4v) is 2.61. The zero-order chi connectivity index (χ0) is 14.8. The van der Waals surface area contributed by atoms with Crippen molar-refractivity contribution in [2.45, 2.75) is 25.0 Å². The Hall–Kier alpha value is -1.52. The number of halogens is 1. The van der Waals surface area contributed by atoms with E-state index in [0.29, 0.717) is 11.9 Å². The number of aliphatic hydroxyl groups excluding tert-OH is 1. The summed E-state index contributed by atoms with van der Waals surface area (Å²) in [7, 11) is 1.60. The van der Waals surface area contributed by atoms with Gasteiger partial charge in [-0.2, -0.15) is 0 Å². The first-order valence-electron chi connectivity index (χ1n) is 6.95. The monoisotopic (exact) mass is 348 g/mol. The Morgan fingerprint density at radius 3 is 2.71 bits per heavy atom. The highest BCUT2D eigenvalue weighted by atomic mass is 79.9.